The van der Waals surface area contributed by atoms with Crippen LogP contribution < -0.4 is 9.80 Å². The summed E-state index contributed by atoms with van der Waals surface area (Å²) in [5, 5.41) is 4.83. The maximum atomic E-state index is 2.47. The van der Waals surface area contributed by atoms with Gasteiger partial charge in [-0.2, -0.15) is 0 Å². The van der Waals surface area contributed by atoms with Crippen molar-refractivity contribution in [2.75, 3.05) is 9.80 Å². The zero-order chi connectivity index (χ0) is 36.1. The molecular formula is C49H50N2. The lowest BCUT2D eigenvalue weighted by Crippen LogP contribution is -2.16. The second-order valence-electron chi connectivity index (χ2n) is 16.2. The quantitative estimate of drug-likeness (QED) is 0.129. The highest BCUT2D eigenvalue weighted by Crippen LogP contribution is 2.51. The third-order valence-electron chi connectivity index (χ3n) is 10.1. The van der Waals surface area contributed by atoms with E-state index in [1.165, 1.54) is 60.7 Å². The van der Waals surface area contributed by atoms with Crippen LogP contribution in [0.2, 0.25) is 0 Å². The van der Waals surface area contributed by atoms with Gasteiger partial charge in [0.15, 0.2) is 0 Å². The van der Waals surface area contributed by atoms with Crippen molar-refractivity contribution in [1.29, 1.82) is 0 Å². The largest absolute Gasteiger partial charge is 0.309 e. The molecule has 7 aromatic rings. The molecule has 2 heteroatoms. The van der Waals surface area contributed by atoms with E-state index in [9.17, 15) is 0 Å². The first-order chi connectivity index (χ1) is 24.3. The van der Waals surface area contributed by atoms with Gasteiger partial charge in [0.2, 0.25) is 0 Å². The number of aryl methyl sites for hydroxylation is 3. The van der Waals surface area contributed by atoms with E-state index in [1.54, 1.807) is 0 Å². The first-order valence-electron chi connectivity index (χ1n) is 18.2. The van der Waals surface area contributed by atoms with Gasteiger partial charge in [0.05, 0.1) is 11.4 Å². The van der Waals surface area contributed by atoms with Gasteiger partial charge in [0.1, 0.15) is 0 Å². The first-order valence-corrected chi connectivity index (χ1v) is 18.2. The van der Waals surface area contributed by atoms with Gasteiger partial charge in [-0.3, -0.25) is 0 Å². The number of fused-ring (bicyclic) bond motifs is 2. The Morgan fingerprint density at radius 3 is 1.02 bits per heavy atom. The van der Waals surface area contributed by atoms with Crippen LogP contribution in [-0.2, 0) is 10.8 Å². The summed E-state index contributed by atoms with van der Waals surface area (Å²) in [7, 11) is 0. The highest BCUT2D eigenvalue weighted by molar-refractivity contribution is 6.23. The van der Waals surface area contributed by atoms with Crippen molar-refractivity contribution in [2.45, 2.75) is 73.1 Å². The molecule has 0 unspecified atom stereocenters. The molecule has 0 radical (unpaired) electrons. The van der Waals surface area contributed by atoms with Crippen LogP contribution in [0.15, 0.2) is 140 Å². The fourth-order valence-electron chi connectivity index (χ4n) is 7.15. The zero-order valence-corrected chi connectivity index (χ0v) is 31.7. The van der Waals surface area contributed by atoms with Gasteiger partial charge < -0.3 is 9.80 Å². The van der Waals surface area contributed by atoms with Gasteiger partial charge in [-0.05, 0) is 97.3 Å². The molecule has 2 nitrogen and oxygen atoms in total. The summed E-state index contributed by atoms with van der Waals surface area (Å²) in [5.41, 5.74) is 13.4. The van der Waals surface area contributed by atoms with E-state index in [0.717, 1.165) is 22.7 Å². The van der Waals surface area contributed by atoms with Crippen LogP contribution in [0.3, 0.4) is 0 Å². The molecule has 0 saturated carbocycles. The average molecular weight is 667 g/mol. The molecule has 0 fully saturated rings. The van der Waals surface area contributed by atoms with Crippen LogP contribution in [-0.4, -0.2) is 0 Å². The molecule has 0 saturated heterocycles. The second kappa shape index (κ2) is 13.1. The molecule has 0 aliphatic rings. The molecule has 0 aliphatic carbocycles. The maximum absolute atomic E-state index is 2.47. The minimum Gasteiger partial charge on any atom is -0.309 e. The first kappa shape index (κ1) is 34.1. The number of benzene rings is 7. The summed E-state index contributed by atoms with van der Waals surface area (Å²) < 4.78 is 0. The topological polar surface area (TPSA) is 6.48 Å². The maximum Gasteiger partial charge on any atom is 0.0620 e. The van der Waals surface area contributed by atoms with Crippen LogP contribution in [0.1, 0.15) is 69.4 Å². The van der Waals surface area contributed by atoms with E-state index in [0.29, 0.717) is 0 Å². The average Bonchev–Trinajstić information content (AvgIpc) is 3.10. The molecule has 0 N–H and O–H groups in total. The van der Waals surface area contributed by atoms with Crippen molar-refractivity contribution < 1.29 is 0 Å². The van der Waals surface area contributed by atoms with Crippen LogP contribution in [0.5, 0.6) is 0 Å². The minimum absolute atomic E-state index is 0.0654. The Morgan fingerprint density at radius 1 is 0.333 bits per heavy atom. The van der Waals surface area contributed by atoms with Crippen LogP contribution in [0, 0.1) is 20.8 Å². The number of nitrogens with zero attached hydrogens (tertiary/aromatic N) is 2. The Labute approximate surface area is 305 Å². The number of hydrogen-bond donors (Lipinski definition) is 0. The normalized spacial score (nSPS) is 12.0. The fraction of sp³-hybridized carbons (Fsp3) is 0.224. The van der Waals surface area contributed by atoms with Gasteiger partial charge in [-0.1, -0.05) is 143 Å². The molecule has 0 aromatic heterocycles. The lowest BCUT2D eigenvalue weighted by atomic mass is 9.87. The highest BCUT2D eigenvalue weighted by atomic mass is 15.2. The summed E-state index contributed by atoms with van der Waals surface area (Å²) >= 11 is 0. The lowest BCUT2D eigenvalue weighted by molar-refractivity contribution is 0.590. The van der Waals surface area contributed by atoms with Gasteiger partial charge in [0.25, 0.3) is 0 Å². The SMILES string of the molecule is Cc1ccc(N(c2ccc(C(C)(C)C)cc2)c2c3ccccc3c(N(c3ccc(C)cc3)c3ccc(C(C)(C)C)cc3)c3cc(C)ccc23)cc1. The Bertz CT molecular complexity index is 2320. The van der Waals surface area contributed by atoms with Crippen LogP contribution >= 0.6 is 0 Å². The molecular weight excluding hydrogens is 617 g/mol. The predicted octanol–water partition coefficient (Wildman–Crippen LogP) is 14.5. The molecule has 7 rings (SSSR count). The standard InChI is InChI=1S/C49H50N2/c1-33-14-23-38(24-15-33)50(40-27-19-36(20-28-40)48(4,5)6)46-42-12-10-11-13-43(42)47(45-32-35(3)18-31-44(45)46)51(39-25-16-34(2)17-26-39)41-29-21-37(22-30-41)49(7,8)9/h10-32H,1-9H3. The Hall–Kier alpha value is -5.34. The summed E-state index contributed by atoms with van der Waals surface area (Å²) in [6, 6.07) is 52.2. The zero-order valence-electron chi connectivity index (χ0n) is 31.7. The third kappa shape index (κ3) is 6.64. The molecule has 256 valence electrons. The number of rotatable bonds is 6. The summed E-state index contributed by atoms with van der Waals surface area (Å²) in [6.45, 7) is 20.2. The van der Waals surface area contributed by atoms with Crippen molar-refractivity contribution in [3.8, 4) is 0 Å². The Balaban J connectivity index is 1.58. The smallest absolute Gasteiger partial charge is 0.0620 e. The number of hydrogen-bond acceptors (Lipinski definition) is 2. The summed E-state index contributed by atoms with van der Waals surface area (Å²) in [6.07, 6.45) is 0. The van der Waals surface area contributed by atoms with Crippen LogP contribution in [0.25, 0.3) is 21.5 Å². The van der Waals surface area contributed by atoms with Gasteiger partial charge in [0, 0.05) is 44.3 Å². The summed E-state index contributed by atoms with van der Waals surface area (Å²) in [5.74, 6) is 0. The van der Waals surface area contributed by atoms with Gasteiger partial charge in [-0.15, -0.1) is 0 Å². The van der Waals surface area contributed by atoms with Gasteiger partial charge in [-0.25, -0.2) is 0 Å². The minimum atomic E-state index is 0.0654. The second-order valence-corrected chi connectivity index (χ2v) is 16.2. The van der Waals surface area contributed by atoms with Crippen LogP contribution in [0.4, 0.5) is 34.1 Å². The molecule has 51 heavy (non-hydrogen) atoms. The highest BCUT2D eigenvalue weighted by Gasteiger charge is 2.26. The Kier molecular flexibility index (Phi) is 8.76. The van der Waals surface area contributed by atoms with Crippen molar-refractivity contribution in [2.24, 2.45) is 0 Å². The fourth-order valence-corrected chi connectivity index (χ4v) is 7.15. The van der Waals surface area contributed by atoms with E-state index >= 15 is 0 Å². The molecule has 7 aromatic carbocycles. The van der Waals surface area contributed by atoms with Crippen molar-refractivity contribution in [1.82, 2.24) is 0 Å². The monoisotopic (exact) mass is 666 g/mol. The summed E-state index contributed by atoms with van der Waals surface area (Å²) in [4.78, 5) is 4.93. The van der Waals surface area contributed by atoms with E-state index in [1.807, 2.05) is 0 Å². The van der Waals surface area contributed by atoms with E-state index in [4.69, 9.17) is 0 Å². The molecule has 0 bridgehead atoms. The molecule has 0 atom stereocenters. The molecule has 0 heterocycles. The van der Waals surface area contributed by atoms with Crippen molar-refractivity contribution >= 4 is 55.7 Å². The van der Waals surface area contributed by atoms with Crippen molar-refractivity contribution in [3.05, 3.63) is 167 Å². The number of anilines is 6. The molecule has 0 aliphatic heterocycles. The third-order valence-corrected chi connectivity index (χ3v) is 10.1. The molecule has 0 amide bonds. The van der Waals surface area contributed by atoms with E-state index < -0.39 is 0 Å². The van der Waals surface area contributed by atoms with Crippen molar-refractivity contribution in [3.63, 3.8) is 0 Å². The van der Waals surface area contributed by atoms with E-state index in [-0.39, 0.29) is 10.8 Å². The van der Waals surface area contributed by atoms with E-state index in [2.05, 4.69) is 212 Å². The Morgan fingerprint density at radius 2 is 0.647 bits per heavy atom. The lowest BCUT2D eigenvalue weighted by Gasteiger charge is -2.33. The predicted molar refractivity (Wildman–Crippen MR) is 222 cm³/mol. The van der Waals surface area contributed by atoms with Gasteiger partial charge >= 0.3 is 0 Å². The molecule has 0 spiro atoms.